The van der Waals surface area contributed by atoms with Crippen molar-refractivity contribution in [2.75, 3.05) is 0 Å². The van der Waals surface area contributed by atoms with Crippen LogP contribution in [0.25, 0.3) is 10.9 Å². The van der Waals surface area contributed by atoms with Crippen LogP contribution in [0.1, 0.15) is 16.8 Å². The zero-order chi connectivity index (χ0) is 10.3. The number of fused-ring (bicyclic) bond motifs is 1. The number of alkyl halides is 1. The largest absolute Gasteiger partial charge is 0.358 e. The lowest BCUT2D eigenvalue weighted by atomic mass is 10.1. The highest BCUT2D eigenvalue weighted by molar-refractivity contribution is 9.10. The number of halogens is 2. The van der Waals surface area contributed by atoms with Crippen LogP contribution in [0.4, 0.5) is 0 Å². The second kappa shape index (κ2) is 3.59. The Labute approximate surface area is 96.6 Å². The first-order valence-corrected chi connectivity index (χ1v) is 5.80. The average molecular weight is 273 g/mol. The molecule has 0 atom stereocenters. The smallest absolute Gasteiger partial charge is 0.0500 e. The number of aryl methyl sites for hydroxylation is 2. The van der Waals surface area contributed by atoms with Crippen molar-refractivity contribution in [1.82, 2.24) is 4.98 Å². The number of rotatable bonds is 1. The lowest BCUT2D eigenvalue weighted by Crippen LogP contribution is -1.80. The van der Waals surface area contributed by atoms with E-state index in [1.807, 2.05) is 0 Å². The molecule has 1 aromatic heterocycles. The number of hydrogen-bond acceptors (Lipinski definition) is 0. The summed E-state index contributed by atoms with van der Waals surface area (Å²) in [7, 11) is 0. The first-order chi connectivity index (χ1) is 6.65. The van der Waals surface area contributed by atoms with Gasteiger partial charge in [0.15, 0.2) is 0 Å². The van der Waals surface area contributed by atoms with Crippen LogP contribution in [0.15, 0.2) is 16.6 Å². The van der Waals surface area contributed by atoms with Gasteiger partial charge >= 0.3 is 0 Å². The van der Waals surface area contributed by atoms with E-state index in [9.17, 15) is 0 Å². The Bertz CT molecular complexity index is 487. The molecule has 0 amide bonds. The molecule has 0 aliphatic heterocycles. The van der Waals surface area contributed by atoms with Gasteiger partial charge in [-0.25, -0.2) is 0 Å². The average Bonchev–Trinajstić information content (AvgIpc) is 2.50. The Morgan fingerprint density at radius 1 is 1.36 bits per heavy atom. The van der Waals surface area contributed by atoms with Gasteiger partial charge in [0.1, 0.15) is 0 Å². The molecule has 2 aromatic rings. The van der Waals surface area contributed by atoms with E-state index < -0.39 is 0 Å². The Kier molecular flexibility index (Phi) is 2.58. The van der Waals surface area contributed by atoms with Crippen LogP contribution in [-0.2, 0) is 5.88 Å². The zero-order valence-electron chi connectivity index (χ0n) is 8.12. The standard InChI is InChI=1S/C11H11BrClN/c1-6-3-4-9(12)10-8(5-13)7(2)14-11(6)10/h3-4,14H,5H2,1-2H3. The Morgan fingerprint density at radius 2 is 2.07 bits per heavy atom. The van der Waals surface area contributed by atoms with E-state index in [4.69, 9.17) is 11.6 Å². The minimum absolute atomic E-state index is 0.549. The third kappa shape index (κ3) is 1.37. The molecule has 2 rings (SSSR count). The fourth-order valence-corrected chi connectivity index (χ4v) is 2.66. The summed E-state index contributed by atoms with van der Waals surface area (Å²) in [4.78, 5) is 3.37. The minimum Gasteiger partial charge on any atom is -0.358 e. The highest BCUT2D eigenvalue weighted by atomic mass is 79.9. The first-order valence-electron chi connectivity index (χ1n) is 4.47. The maximum atomic E-state index is 5.94. The highest BCUT2D eigenvalue weighted by Crippen LogP contribution is 2.32. The molecule has 1 heterocycles. The van der Waals surface area contributed by atoms with Crippen molar-refractivity contribution in [3.8, 4) is 0 Å². The third-order valence-electron chi connectivity index (χ3n) is 2.56. The van der Waals surface area contributed by atoms with Crippen LogP contribution >= 0.6 is 27.5 Å². The van der Waals surface area contributed by atoms with Gasteiger partial charge in [-0.05, 0) is 31.0 Å². The van der Waals surface area contributed by atoms with E-state index in [0.717, 1.165) is 10.2 Å². The number of H-pyrrole nitrogens is 1. The zero-order valence-corrected chi connectivity index (χ0v) is 10.5. The van der Waals surface area contributed by atoms with Gasteiger partial charge < -0.3 is 4.98 Å². The second-order valence-electron chi connectivity index (χ2n) is 3.48. The van der Waals surface area contributed by atoms with Gasteiger partial charge in [0.25, 0.3) is 0 Å². The van der Waals surface area contributed by atoms with Crippen molar-refractivity contribution in [3.63, 3.8) is 0 Å². The number of benzene rings is 1. The van der Waals surface area contributed by atoms with E-state index in [2.05, 4.69) is 46.9 Å². The van der Waals surface area contributed by atoms with Gasteiger partial charge in [-0.3, -0.25) is 0 Å². The number of hydrogen-bond donors (Lipinski definition) is 1. The molecular formula is C11H11BrClN. The molecule has 1 nitrogen and oxygen atoms in total. The summed E-state index contributed by atoms with van der Waals surface area (Å²) in [5.41, 5.74) is 4.79. The van der Waals surface area contributed by atoms with Crippen LogP contribution in [0.2, 0.25) is 0 Å². The minimum atomic E-state index is 0.549. The summed E-state index contributed by atoms with van der Waals surface area (Å²) in [5.74, 6) is 0.549. The van der Waals surface area contributed by atoms with Crippen LogP contribution in [0.5, 0.6) is 0 Å². The van der Waals surface area contributed by atoms with Gasteiger partial charge in [-0.2, -0.15) is 0 Å². The van der Waals surface area contributed by atoms with Gasteiger partial charge in [0.05, 0.1) is 0 Å². The molecule has 1 aromatic carbocycles. The molecule has 0 radical (unpaired) electrons. The number of aromatic nitrogens is 1. The predicted octanol–water partition coefficient (Wildman–Crippen LogP) is 4.29. The SMILES string of the molecule is Cc1[nH]c2c(C)ccc(Br)c2c1CCl. The van der Waals surface area contributed by atoms with E-state index in [1.165, 1.54) is 22.0 Å². The molecule has 0 aliphatic rings. The number of nitrogens with one attached hydrogen (secondary N) is 1. The van der Waals surface area contributed by atoms with Crippen molar-refractivity contribution in [3.05, 3.63) is 33.4 Å². The molecule has 3 heteroatoms. The van der Waals surface area contributed by atoms with Crippen molar-refractivity contribution < 1.29 is 0 Å². The predicted molar refractivity (Wildman–Crippen MR) is 65.0 cm³/mol. The van der Waals surface area contributed by atoms with Crippen molar-refractivity contribution in [1.29, 1.82) is 0 Å². The third-order valence-corrected chi connectivity index (χ3v) is 3.49. The normalized spacial score (nSPS) is 11.1. The molecule has 0 unspecified atom stereocenters. The lowest BCUT2D eigenvalue weighted by Gasteiger charge is -2.00. The topological polar surface area (TPSA) is 15.8 Å². The quantitative estimate of drug-likeness (QED) is 0.746. The summed E-state index contributed by atoms with van der Waals surface area (Å²) in [6, 6.07) is 4.17. The maximum Gasteiger partial charge on any atom is 0.0500 e. The fourth-order valence-electron chi connectivity index (χ4n) is 1.76. The van der Waals surface area contributed by atoms with Crippen LogP contribution < -0.4 is 0 Å². The molecule has 14 heavy (non-hydrogen) atoms. The van der Waals surface area contributed by atoms with Gasteiger partial charge in [0.2, 0.25) is 0 Å². The maximum absolute atomic E-state index is 5.94. The molecule has 0 spiro atoms. The summed E-state index contributed by atoms with van der Waals surface area (Å²) in [5, 5.41) is 1.22. The summed E-state index contributed by atoms with van der Waals surface area (Å²) in [6.07, 6.45) is 0. The molecule has 1 N–H and O–H groups in total. The Balaban J connectivity index is 2.93. The lowest BCUT2D eigenvalue weighted by molar-refractivity contribution is 1.23. The van der Waals surface area contributed by atoms with Crippen LogP contribution in [-0.4, -0.2) is 4.98 Å². The molecule has 74 valence electrons. The van der Waals surface area contributed by atoms with Crippen LogP contribution in [0, 0.1) is 13.8 Å². The number of aromatic amines is 1. The van der Waals surface area contributed by atoms with Gasteiger partial charge in [0, 0.05) is 26.9 Å². The molecule has 0 aliphatic carbocycles. The van der Waals surface area contributed by atoms with E-state index in [1.54, 1.807) is 0 Å². The molecule has 0 fully saturated rings. The summed E-state index contributed by atoms with van der Waals surface area (Å²) < 4.78 is 1.11. The van der Waals surface area contributed by atoms with Crippen molar-refractivity contribution in [2.45, 2.75) is 19.7 Å². The molecule has 0 bridgehead atoms. The van der Waals surface area contributed by atoms with Gasteiger partial charge in [-0.15, -0.1) is 11.6 Å². The Hall–Kier alpha value is -0.470. The fraction of sp³-hybridized carbons (Fsp3) is 0.273. The Morgan fingerprint density at radius 3 is 2.71 bits per heavy atom. The summed E-state index contributed by atoms with van der Waals surface area (Å²) in [6.45, 7) is 4.16. The first kappa shape index (κ1) is 10.1. The van der Waals surface area contributed by atoms with Crippen LogP contribution in [0.3, 0.4) is 0 Å². The molecular weight excluding hydrogens is 261 g/mol. The highest BCUT2D eigenvalue weighted by Gasteiger charge is 2.11. The van der Waals surface area contributed by atoms with E-state index in [0.29, 0.717) is 5.88 Å². The van der Waals surface area contributed by atoms with Gasteiger partial charge in [-0.1, -0.05) is 22.0 Å². The van der Waals surface area contributed by atoms with Crippen molar-refractivity contribution in [2.24, 2.45) is 0 Å². The van der Waals surface area contributed by atoms with Crippen molar-refractivity contribution >= 4 is 38.4 Å². The monoisotopic (exact) mass is 271 g/mol. The summed E-state index contributed by atoms with van der Waals surface area (Å²) >= 11 is 9.49. The molecule has 0 saturated carbocycles. The van der Waals surface area contributed by atoms with E-state index in [-0.39, 0.29) is 0 Å². The van der Waals surface area contributed by atoms with E-state index >= 15 is 0 Å². The second-order valence-corrected chi connectivity index (χ2v) is 4.60. The molecule has 0 saturated heterocycles.